The summed E-state index contributed by atoms with van der Waals surface area (Å²) < 4.78 is 0. The van der Waals surface area contributed by atoms with Crippen molar-refractivity contribution < 1.29 is 9.59 Å². The van der Waals surface area contributed by atoms with Crippen LogP contribution in [0.3, 0.4) is 0 Å². The summed E-state index contributed by atoms with van der Waals surface area (Å²) in [5.74, 6) is -0.268. The largest absolute Gasteiger partial charge is 0.325 e. The van der Waals surface area contributed by atoms with Crippen LogP contribution in [0.1, 0.15) is 25.1 Å². The van der Waals surface area contributed by atoms with E-state index in [0.29, 0.717) is 6.54 Å². The highest BCUT2D eigenvalue weighted by atomic mass is 16.2. The van der Waals surface area contributed by atoms with Crippen LogP contribution in [0.2, 0.25) is 0 Å². The second-order valence-electron chi connectivity index (χ2n) is 4.67. The van der Waals surface area contributed by atoms with Crippen molar-refractivity contribution in [2.24, 2.45) is 0 Å². The first-order chi connectivity index (χ1) is 7.93. The summed E-state index contributed by atoms with van der Waals surface area (Å²) in [7, 11) is 0. The Hall–Kier alpha value is -1.91. The number of aryl methyl sites for hydroxylation is 1. The van der Waals surface area contributed by atoms with Gasteiger partial charge in [0, 0.05) is 6.20 Å². The molecule has 0 atom stereocenters. The van der Waals surface area contributed by atoms with Crippen LogP contribution in [-0.4, -0.2) is 27.4 Å². The van der Waals surface area contributed by atoms with Crippen LogP contribution < -0.4 is 5.32 Å². The quantitative estimate of drug-likeness (QED) is 0.781. The van der Waals surface area contributed by atoms with Gasteiger partial charge in [-0.15, -0.1) is 0 Å². The molecule has 1 aliphatic rings. The molecule has 0 spiro atoms. The van der Waals surface area contributed by atoms with Crippen LogP contribution in [0.4, 0.5) is 4.79 Å². The molecule has 2 rings (SSSR count). The number of amides is 3. The normalized spacial score (nSPS) is 18.4. The molecule has 0 bridgehead atoms. The van der Waals surface area contributed by atoms with Gasteiger partial charge in [0.15, 0.2) is 0 Å². The maximum atomic E-state index is 11.7. The zero-order valence-electron chi connectivity index (χ0n) is 10.2. The number of nitrogens with zero attached hydrogens (tertiary/aromatic N) is 2. The molecule has 1 aromatic heterocycles. The van der Waals surface area contributed by atoms with Gasteiger partial charge in [0.05, 0.1) is 12.2 Å². The molecule has 0 aliphatic carbocycles. The van der Waals surface area contributed by atoms with Crippen molar-refractivity contribution >= 4 is 11.9 Å². The minimum absolute atomic E-state index is 0.268. The van der Waals surface area contributed by atoms with E-state index in [9.17, 15) is 9.59 Å². The smallest absolute Gasteiger partial charge is 0.304 e. The van der Waals surface area contributed by atoms with Gasteiger partial charge in [-0.05, 0) is 32.4 Å². The Balaban J connectivity index is 2.28. The van der Waals surface area contributed by atoms with E-state index in [4.69, 9.17) is 0 Å². The fraction of sp³-hybridized carbons (Fsp3) is 0.417. The molecule has 3 amide bonds. The lowest BCUT2D eigenvalue weighted by Crippen LogP contribution is -2.43. The summed E-state index contributed by atoms with van der Waals surface area (Å²) in [6.07, 6.45) is 1.69. The topological polar surface area (TPSA) is 62.3 Å². The van der Waals surface area contributed by atoms with Gasteiger partial charge < -0.3 is 4.90 Å². The Morgan fingerprint density at radius 3 is 2.65 bits per heavy atom. The molecule has 1 N–H and O–H groups in total. The molecule has 1 saturated heterocycles. The highest BCUT2D eigenvalue weighted by Gasteiger charge is 2.45. The first-order valence-electron chi connectivity index (χ1n) is 5.46. The van der Waals surface area contributed by atoms with Crippen molar-refractivity contribution in [1.82, 2.24) is 15.2 Å². The molecular weight excluding hydrogens is 218 g/mol. The second kappa shape index (κ2) is 3.84. The minimum Gasteiger partial charge on any atom is -0.304 e. The molecule has 90 valence electrons. The SMILES string of the molecule is Cc1cccnc1CN1C(=O)NC(=O)C1(C)C. The summed E-state index contributed by atoms with van der Waals surface area (Å²) in [6, 6.07) is 3.43. The Morgan fingerprint density at radius 2 is 2.12 bits per heavy atom. The monoisotopic (exact) mass is 233 g/mol. The minimum atomic E-state index is -0.818. The first-order valence-corrected chi connectivity index (χ1v) is 5.46. The molecule has 1 aromatic rings. The second-order valence-corrected chi connectivity index (χ2v) is 4.67. The van der Waals surface area contributed by atoms with Gasteiger partial charge in [-0.3, -0.25) is 15.1 Å². The Labute approximate surface area is 99.8 Å². The number of carbonyl (C=O) groups excluding carboxylic acids is 2. The summed E-state index contributed by atoms with van der Waals surface area (Å²) in [5.41, 5.74) is 1.00. The summed E-state index contributed by atoms with van der Waals surface area (Å²) in [5, 5.41) is 2.32. The zero-order valence-corrected chi connectivity index (χ0v) is 10.2. The van der Waals surface area contributed by atoms with Crippen molar-refractivity contribution in [2.45, 2.75) is 32.9 Å². The third kappa shape index (κ3) is 1.88. The van der Waals surface area contributed by atoms with Gasteiger partial charge in [-0.25, -0.2) is 4.79 Å². The van der Waals surface area contributed by atoms with Gasteiger partial charge >= 0.3 is 6.03 Å². The number of rotatable bonds is 2. The van der Waals surface area contributed by atoms with Crippen LogP contribution in [0.15, 0.2) is 18.3 Å². The van der Waals surface area contributed by atoms with Crippen molar-refractivity contribution in [3.05, 3.63) is 29.6 Å². The predicted molar refractivity (Wildman–Crippen MR) is 62.1 cm³/mol. The van der Waals surface area contributed by atoms with E-state index >= 15 is 0 Å². The standard InChI is InChI=1S/C12H15N3O2/c1-8-5-4-6-13-9(8)7-15-11(17)14-10(16)12(15,2)3/h4-6H,7H2,1-3H3,(H,14,16,17). The average Bonchev–Trinajstić information content (AvgIpc) is 2.44. The maximum Gasteiger partial charge on any atom is 0.325 e. The lowest BCUT2D eigenvalue weighted by atomic mass is 10.0. The molecule has 1 fully saturated rings. The number of pyridine rings is 1. The van der Waals surface area contributed by atoms with Crippen LogP contribution >= 0.6 is 0 Å². The van der Waals surface area contributed by atoms with Crippen LogP contribution in [0, 0.1) is 6.92 Å². The molecule has 5 nitrogen and oxygen atoms in total. The molecule has 1 aliphatic heterocycles. The molecule has 0 unspecified atom stereocenters. The van der Waals surface area contributed by atoms with Crippen molar-refractivity contribution in [2.75, 3.05) is 0 Å². The van der Waals surface area contributed by atoms with Crippen molar-refractivity contribution in [1.29, 1.82) is 0 Å². The average molecular weight is 233 g/mol. The fourth-order valence-corrected chi connectivity index (χ4v) is 1.80. The van der Waals surface area contributed by atoms with E-state index in [1.807, 2.05) is 19.1 Å². The predicted octanol–water partition coefficient (Wildman–Crippen LogP) is 1.22. The number of imide groups is 1. The molecule has 17 heavy (non-hydrogen) atoms. The number of aromatic nitrogens is 1. The highest BCUT2D eigenvalue weighted by Crippen LogP contribution is 2.23. The van der Waals surface area contributed by atoms with E-state index in [-0.39, 0.29) is 11.9 Å². The first kappa shape index (κ1) is 11.6. The lowest BCUT2D eigenvalue weighted by Gasteiger charge is -2.27. The number of hydrogen-bond acceptors (Lipinski definition) is 3. The summed E-state index contributed by atoms with van der Waals surface area (Å²) in [6.45, 7) is 5.74. The van der Waals surface area contributed by atoms with E-state index in [1.165, 1.54) is 4.90 Å². The van der Waals surface area contributed by atoms with Crippen LogP contribution in [0.5, 0.6) is 0 Å². The van der Waals surface area contributed by atoms with Gasteiger partial charge in [-0.2, -0.15) is 0 Å². The third-order valence-corrected chi connectivity index (χ3v) is 3.12. The maximum absolute atomic E-state index is 11.7. The highest BCUT2D eigenvalue weighted by molar-refractivity contribution is 6.06. The number of urea groups is 1. The summed E-state index contributed by atoms with van der Waals surface area (Å²) >= 11 is 0. The molecule has 2 heterocycles. The number of carbonyl (C=O) groups is 2. The van der Waals surface area contributed by atoms with Crippen LogP contribution in [0.25, 0.3) is 0 Å². The lowest BCUT2D eigenvalue weighted by molar-refractivity contribution is -0.125. The molecule has 5 heteroatoms. The van der Waals surface area contributed by atoms with E-state index in [0.717, 1.165) is 11.3 Å². The zero-order chi connectivity index (χ0) is 12.6. The van der Waals surface area contributed by atoms with Gasteiger partial charge in [0.2, 0.25) is 0 Å². The van der Waals surface area contributed by atoms with Gasteiger partial charge in [-0.1, -0.05) is 6.07 Å². The molecule has 0 aromatic carbocycles. The van der Waals surface area contributed by atoms with Crippen molar-refractivity contribution in [3.8, 4) is 0 Å². The Bertz CT molecular complexity index is 482. The summed E-state index contributed by atoms with van der Waals surface area (Å²) in [4.78, 5) is 29.0. The Kier molecular flexibility index (Phi) is 2.61. The van der Waals surface area contributed by atoms with Crippen molar-refractivity contribution in [3.63, 3.8) is 0 Å². The van der Waals surface area contributed by atoms with Crippen LogP contribution in [-0.2, 0) is 11.3 Å². The Morgan fingerprint density at radius 1 is 1.41 bits per heavy atom. The molecule has 0 radical (unpaired) electrons. The third-order valence-electron chi connectivity index (χ3n) is 3.12. The number of nitrogens with one attached hydrogen (secondary N) is 1. The molecular formula is C12H15N3O2. The van der Waals surface area contributed by atoms with E-state index in [2.05, 4.69) is 10.3 Å². The van der Waals surface area contributed by atoms with E-state index < -0.39 is 5.54 Å². The molecule has 0 saturated carbocycles. The number of hydrogen-bond donors (Lipinski definition) is 1. The fourth-order valence-electron chi connectivity index (χ4n) is 1.80. The van der Waals surface area contributed by atoms with E-state index in [1.54, 1.807) is 20.0 Å². The van der Waals surface area contributed by atoms with Gasteiger partial charge in [0.1, 0.15) is 5.54 Å². The van der Waals surface area contributed by atoms with Gasteiger partial charge in [0.25, 0.3) is 5.91 Å².